The molecule has 1 aromatic rings. The molecule has 1 atom stereocenters. The fourth-order valence-corrected chi connectivity index (χ4v) is 2.81. The van der Waals surface area contributed by atoms with Gasteiger partial charge in [0.25, 0.3) is 0 Å². The molecule has 0 saturated carbocycles. The van der Waals surface area contributed by atoms with E-state index < -0.39 is 0 Å². The SMILES string of the molecule is CCNC(=NCc1ccc(N(C)C)cc1)NCC(CCO)CC(C)C. The van der Waals surface area contributed by atoms with Crippen molar-refractivity contribution in [1.29, 1.82) is 0 Å². The summed E-state index contributed by atoms with van der Waals surface area (Å²) >= 11 is 0. The molecule has 0 amide bonds. The minimum Gasteiger partial charge on any atom is -0.396 e. The Hall–Kier alpha value is -1.75. The Kier molecular flexibility index (Phi) is 10.0. The Balaban J connectivity index is 2.62. The topological polar surface area (TPSA) is 59.9 Å². The number of guanidine groups is 1. The number of nitrogens with one attached hydrogen (secondary N) is 2. The van der Waals surface area contributed by atoms with Crippen molar-refractivity contribution in [2.45, 2.75) is 40.2 Å². The maximum atomic E-state index is 9.25. The van der Waals surface area contributed by atoms with E-state index in [9.17, 15) is 5.11 Å². The van der Waals surface area contributed by atoms with E-state index in [0.29, 0.717) is 18.4 Å². The molecule has 0 spiro atoms. The van der Waals surface area contributed by atoms with Crippen LogP contribution in [0.25, 0.3) is 0 Å². The van der Waals surface area contributed by atoms with E-state index >= 15 is 0 Å². The van der Waals surface area contributed by atoms with E-state index in [4.69, 9.17) is 0 Å². The number of aliphatic imine (C=N–C) groups is 1. The Labute approximate surface area is 153 Å². The van der Waals surface area contributed by atoms with Crippen molar-refractivity contribution in [2.24, 2.45) is 16.8 Å². The lowest BCUT2D eigenvalue weighted by atomic mass is 9.94. The van der Waals surface area contributed by atoms with E-state index in [2.05, 4.69) is 65.6 Å². The van der Waals surface area contributed by atoms with E-state index in [1.807, 2.05) is 14.1 Å². The summed E-state index contributed by atoms with van der Waals surface area (Å²) in [6, 6.07) is 8.47. The largest absolute Gasteiger partial charge is 0.396 e. The molecule has 5 heteroatoms. The number of anilines is 1. The summed E-state index contributed by atoms with van der Waals surface area (Å²) in [5.74, 6) is 1.94. The molecule has 0 saturated heterocycles. The van der Waals surface area contributed by atoms with Crippen molar-refractivity contribution < 1.29 is 5.11 Å². The quantitative estimate of drug-likeness (QED) is 0.449. The summed E-state index contributed by atoms with van der Waals surface area (Å²) in [7, 11) is 4.08. The first-order chi connectivity index (χ1) is 12.0. The number of nitrogens with zero attached hydrogens (tertiary/aromatic N) is 2. The molecular formula is C20H36N4O. The average molecular weight is 349 g/mol. The van der Waals surface area contributed by atoms with E-state index in [-0.39, 0.29) is 6.61 Å². The van der Waals surface area contributed by atoms with Gasteiger partial charge in [0.2, 0.25) is 0 Å². The van der Waals surface area contributed by atoms with Crippen molar-refractivity contribution in [1.82, 2.24) is 10.6 Å². The first-order valence-electron chi connectivity index (χ1n) is 9.35. The molecular weight excluding hydrogens is 312 g/mol. The Morgan fingerprint density at radius 1 is 1.16 bits per heavy atom. The number of aliphatic hydroxyl groups is 1. The van der Waals surface area contributed by atoms with Crippen LogP contribution >= 0.6 is 0 Å². The van der Waals surface area contributed by atoms with Crippen LogP contribution in [0.5, 0.6) is 0 Å². The standard InChI is InChI=1S/C20H36N4O/c1-6-21-20(23-15-18(11-12-25)13-16(2)3)22-14-17-7-9-19(10-8-17)24(4)5/h7-10,16,18,25H,6,11-15H2,1-5H3,(H2,21,22,23). The molecule has 0 aromatic heterocycles. The van der Waals surface area contributed by atoms with Gasteiger partial charge < -0.3 is 20.6 Å². The molecule has 142 valence electrons. The van der Waals surface area contributed by atoms with Crippen LogP contribution in [0.1, 0.15) is 39.2 Å². The van der Waals surface area contributed by atoms with Crippen LogP contribution in [-0.2, 0) is 6.54 Å². The number of aliphatic hydroxyl groups excluding tert-OH is 1. The van der Waals surface area contributed by atoms with Crippen LogP contribution in [0, 0.1) is 11.8 Å². The highest BCUT2D eigenvalue weighted by Crippen LogP contribution is 2.14. The monoisotopic (exact) mass is 348 g/mol. The summed E-state index contributed by atoms with van der Waals surface area (Å²) in [6.07, 6.45) is 1.94. The van der Waals surface area contributed by atoms with Crippen LogP contribution in [0.15, 0.2) is 29.3 Å². The predicted molar refractivity (Wildman–Crippen MR) is 108 cm³/mol. The maximum absolute atomic E-state index is 9.25. The van der Waals surface area contributed by atoms with Crippen LogP contribution in [0.3, 0.4) is 0 Å². The molecule has 0 heterocycles. The molecule has 25 heavy (non-hydrogen) atoms. The predicted octanol–water partition coefficient (Wildman–Crippen LogP) is 2.85. The van der Waals surface area contributed by atoms with Crippen LogP contribution in [-0.4, -0.2) is 44.9 Å². The van der Waals surface area contributed by atoms with Gasteiger partial charge in [-0.25, -0.2) is 4.99 Å². The zero-order chi connectivity index (χ0) is 18.7. The molecule has 1 rings (SSSR count). The lowest BCUT2D eigenvalue weighted by Gasteiger charge is -2.20. The summed E-state index contributed by atoms with van der Waals surface area (Å²) in [6.45, 7) is 9.08. The Bertz CT molecular complexity index is 497. The average Bonchev–Trinajstić information content (AvgIpc) is 2.57. The van der Waals surface area contributed by atoms with E-state index in [0.717, 1.165) is 31.9 Å². The second-order valence-corrected chi connectivity index (χ2v) is 7.14. The van der Waals surface area contributed by atoms with Gasteiger partial charge in [-0.15, -0.1) is 0 Å². The third kappa shape index (κ3) is 8.77. The fraction of sp³-hybridized carbons (Fsp3) is 0.650. The highest BCUT2D eigenvalue weighted by Gasteiger charge is 2.11. The molecule has 0 aliphatic rings. The Morgan fingerprint density at radius 2 is 1.84 bits per heavy atom. The highest BCUT2D eigenvalue weighted by molar-refractivity contribution is 5.79. The van der Waals surface area contributed by atoms with E-state index in [1.165, 1.54) is 11.3 Å². The van der Waals surface area contributed by atoms with Gasteiger partial charge in [0.05, 0.1) is 6.54 Å². The third-order valence-electron chi connectivity index (χ3n) is 4.12. The molecule has 5 nitrogen and oxygen atoms in total. The van der Waals surface area contributed by atoms with Gasteiger partial charge in [0, 0.05) is 39.5 Å². The van der Waals surface area contributed by atoms with Gasteiger partial charge in [-0.05, 0) is 49.3 Å². The smallest absolute Gasteiger partial charge is 0.191 e. The van der Waals surface area contributed by atoms with E-state index in [1.54, 1.807) is 0 Å². The van der Waals surface area contributed by atoms with Gasteiger partial charge in [-0.2, -0.15) is 0 Å². The van der Waals surface area contributed by atoms with Crippen molar-refractivity contribution in [3.05, 3.63) is 29.8 Å². The van der Waals surface area contributed by atoms with Gasteiger partial charge >= 0.3 is 0 Å². The zero-order valence-electron chi connectivity index (χ0n) is 16.5. The normalized spacial score (nSPS) is 13.0. The minimum absolute atomic E-state index is 0.241. The van der Waals surface area contributed by atoms with Gasteiger partial charge in [0.15, 0.2) is 5.96 Å². The second kappa shape index (κ2) is 11.7. The number of hydrogen-bond acceptors (Lipinski definition) is 3. The number of hydrogen-bond donors (Lipinski definition) is 3. The van der Waals surface area contributed by atoms with Gasteiger partial charge in [-0.1, -0.05) is 26.0 Å². The summed E-state index contributed by atoms with van der Waals surface area (Å²) < 4.78 is 0. The molecule has 0 fully saturated rings. The Morgan fingerprint density at radius 3 is 2.36 bits per heavy atom. The third-order valence-corrected chi connectivity index (χ3v) is 4.12. The summed E-state index contributed by atoms with van der Waals surface area (Å²) in [5.41, 5.74) is 2.38. The zero-order valence-corrected chi connectivity index (χ0v) is 16.5. The van der Waals surface area contributed by atoms with Crippen molar-refractivity contribution in [3.63, 3.8) is 0 Å². The first kappa shape index (κ1) is 21.3. The highest BCUT2D eigenvalue weighted by atomic mass is 16.3. The molecule has 3 N–H and O–H groups in total. The lowest BCUT2D eigenvalue weighted by molar-refractivity contribution is 0.243. The van der Waals surface area contributed by atoms with Gasteiger partial charge in [-0.3, -0.25) is 0 Å². The number of rotatable bonds is 10. The number of benzene rings is 1. The molecule has 0 aliphatic heterocycles. The first-order valence-corrected chi connectivity index (χ1v) is 9.35. The maximum Gasteiger partial charge on any atom is 0.191 e. The summed E-state index contributed by atoms with van der Waals surface area (Å²) in [5, 5.41) is 16.0. The summed E-state index contributed by atoms with van der Waals surface area (Å²) in [4.78, 5) is 6.78. The van der Waals surface area contributed by atoms with Crippen molar-refractivity contribution in [3.8, 4) is 0 Å². The van der Waals surface area contributed by atoms with Crippen LogP contribution < -0.4 is 15.5 Å². The molecule has 0 aliphatic carbocycles. The van der Waals surface area contributed by atoms with Gasteiger partial charge in [0.1, 0.15) is 0 Å². The van der Waals surface area contributed by atoms with Crippen molar-refractivity contribution >= 4 is 11.6 Å². The minimum atomic E-state index is 0.241. The van der Waals surface area contributed by atoms with Crippen LogP contribution in [0.4, 0.5) is 5.69 Å². The lowest BCUT2D eigenvalue weighted by Crippen LogP contribution is -2.40. The van der Waals surface area contributed by atoms with Crippen LogP contribution in [0.2, 0.25) is 0 Å². The second-order valence-electron chi connectivity index (χ2n) is 7.14. The van der Waals surface area contributed by atoms with Crippen molar-refractivity contribution in [2.75, 3.05) is 38.7 Å². The fourth-order valence-electron chi connectivity index (χ4n) is 2.81. The molecule has 1 aromatic carbocycles. The molecule has 1 unspecified atom stereocenters. The molecule has 0 bridgehead atoms. The molecule has 0 radical (unpaired) electrons.